The van der Waals surface area contributed by atoms with Gasteiger partial charge in [-0.3, -0.25) is 0 Å². The molecule has 0 unspecified atom stereocenters. The lowest BCUT2D eigenvalue weighted by Crippen LogP contribution is -2.02. The molecule has 1 aromatic heterocycles. The van der Waals surface area contributed by atoms with Gasteiger partial charge in [0.05, 0.1) is 24.8 Å². The number of nitrogens with two attached hydrogens (primary N) is 1. The Hall–Kier alpha value is -2.30. The number of anilines is 1. The Morgan fingerprint density at radius 2 is 2.33 bits per heavy atom. The molecule has 0 amide bonds. The standard InChI is InChI=1S/C13H12N2O3/c1-17-13(16)7-2-3-10-9(6-7)11-8(4-5-18-11)12(14)15-10/h2-3,6H,4-5H2,1H3,(H2,14,15). The molecule has 0 saturated heterocycles. The Kier molecular flexibility index (Phi) is 2.33. The van der Waals surface area contributed by atoms with E-state index in [1.807, 2.05) is 0 Å². The zero-order chi connectivity index (χ0) is 12.7. The highest BCUT2D eigenvalue weighted by molar-refractivity contribution is 5.97. The number of pyridine rings is 1. The first kappa shape index (κ1) is 10.8. The molecule has 2 N–H and O–H groups in total. The molecule has 1 aliphatic rings. The summed E-state index contributed by atoms with van der Waals surface area (Å²) in [5, 5.41) is 0.805. The number of carbonyl (C=O) groups is 1. The third-order valence-electron chi connectivity index (χ3n) is 3.08. The van der Waals surface area contributed by atoms with Gasteiger partial charge < -0.3 is 15.2 Å². The summed E-state index contributed by atoms with van der Waals surface area (Å²) in [7, 11) is 1.36. The monoisotopic (exact) mass is 244 g/mol. The highest BCUT2D eigenvalue weighted by atomic mass is 16.5. The number of methoxy groups -OCH3 is 1. The molecule has 0 radical (unpaired) electrons. The number of esters is 1. The van der Waals surface area contributed by atoms with Crippen LogP contribution < -0.4 is 10.5 Å². The highest BCUT2D eigenvalue weighted by Gasteiger charge is 2.20. The predicted molar refractivity (Wildman–Crippen MR) is 66.7 cm³/mol. The van der Waals surface area contributed by atoms with Gasteiger partial charge in [-0.15, -0.1) is 0 Å². The first-order chi connectivity index (χ1) is 8.70. The van der Waals surface area contributed by atoms with Crippen molar-refractivity contribution in [3.8, 4) is 5.75 Å². The number of aromatic nitrogens is 1. The SMILES string of the molecule is COC(=O)c1ccc2nc(N)c3c(c2c1)OCC3. The zero-order valence-electron chi connectivity index (χ0n) is 9.90. The van der Waals surface area contributed by atoms with Gasteiger partial charge in [0.1, 0.15) is 11.6 Å². The summed E-state index contributed by atoms with van der Waals surface area (Å²) in [6.07, 6.45) is 0.757. The molecule has 3 rings (SSSR count). The number of ether oxygens (including phenoxy) is 2. The van der Waals surface area contributed by atoms with Gasteiger partial charge in [-0.25, -0.2) is 9.78 Å². The van der Waals surface area contributed by atoms with Crippen LogP contribution in [0.25, 0.3) is 10.9 Å². The Labute approximate surface area is 104 Å². The fraction of sp³-hybridized carbons (Fsp3) is 0.231. The molecule has 2 aromatic rings. The van der Waals surface area contributed by atoms with Crippen LogP contribution in [-0.2, 0) is 11.2 Å². The number of hydrogen-bond donors (Lipinski definition) is 1. The topological polar surface area (TPSA) is 74.4 Å². The van der Waals surface area contributed by atoms with Crippen molar-refractivity contribution in [1.82, 2.24) is 4.98 Å². The lowest BCUT2D eigenvalue weighted by molar-refractivity contribution is 0.0601. The minimum atomic E-state index is -0.375. The second kappa shape index (κ2) is 3.87. The minimum Gasteiger partial charge on any atom is -0.492 e. The molecule has 0 spiro atoms. The minimum absolute atomic E-state index is 0.375. The van der Waals surface area contributed by atoms with Gasteiger partial charge in [0, 0.05) is 17.4 Å². The lowest BCUT2D eigenvalue weighted by Gasteiger charge is -2.08. The van der Waals surface area contributed by atoms with Crippen molar-refractivity contribution in [1.29, 1.82) is 0 Å². The van der Waals surface area contributed by atoms with Crippen LogP contribution in [0.5, 0.6) is 5.75 Å². The molecule has 0 atom stereocenters. The van der Waals surface area contributed by atoms with E-state index < -0.39 is 0 Å². The summed E-state index contributed by atoms with van der Waals surface area (Å²) in [5.41, 5.74) is 8.00. The van der Waals surface area contributed by atoms with Crippen molar-refractivity contribution >= 4 is 22.7 Å². The summed E-state index contributed by atoms with van der Waals surface area (Å²) < 4.78 is 10.3. The van der Waals surface area contributed by atoms with Crippen LogP contribution >= 0.6 is 0 Å². The van der Waals surface area contributed by atoms with Gasteiger partial charge in [0.25, 0.3) is 0 Å². The van der Waals surface area contributed by atoms with Gasteiger partial charge in [-0.1, -0.05) is 0 Å². The maximum absolute atomic E-state index is 11.5. The Balaban J connectivity index is 2.27. The van der Waals surface area contributed by atoms with E-state index in [-0.39, 0.29) is 5.97 Å². The first-order valence-electron chi connectivity index (χ1n) is 5.64. The van der Waals surface area contributed by atoms with Crippen molar-refractivity contribution in [3.63, 3.8) is 0 Å². The average Bonchev–Trinajstić information content (AvgIpc) is 2.88. The van der Waals surface area contributed by atoms with Gasteiger partial charge >= 0.3 is 5.97 Å². The molecule has 18 heavy (non-hydrogen) atoms. The Bertz CT molecular complexity index is 652. The quantitative estimate of drug-likeness (QED) is 0.770. The highest BCUT2D eigenvalue weighted by Crippen LogP contribution is 2.36. The van der Waals surface area contributed by atoms with Crippen LogP contribution in [0.3, 0.4) is 0 Å². The second-order valence-corrected chi connectivity index (χ2v) is 4.13. The molecule has 0 fully saturated rings. The summed E-state index contributed by atoms with van der Waals surface area (Å²) in [4.78, 5) is 15.8. The number of carbonyl (C=O) groups excluding carboxylic acids is 1. The molecule has 0 saturated carbocycles. The molecule has 5 nitrogen and oxygen atoms in total. The molecule has 5 heteroatoms. The fourth-order valence-corrected chi connectivity index (χ4v) is 2.20. The molecule has 2 heterocycles. The van der Waals surface area contributed by atoms with Crippen LogP contribution in [0.2, 0.25) is 0 Å². The molecular formula is C13H12N2O3. The average molecular weight is 244 g/mol. The Morgan fingerprint density at radius 1 is 1.50 bits per heavy atom. The van der Waals surface area contributed by atoms with E-state index in [1.54, 1.807) is 18.2 Å². The van der Waals surface area contributed by atoms with Crippen molar-refractivity contribution in [3.05, 3.63) is 29.3 Å². The summed E-state index contributed by atoms with van der Waals surface area (Å²) >= 11 is 0. The molecule has 1 aliphatic heterocycles. The van der Waals surface area contributed by atoms with Gasteiger partial charge in [-0.2, -0.15) is 0 Å². The fourth-order valence-electron chi connectivity index (χ4n) is 2.20. The van der Waals surface area contributed by atoms with Crippen LogP contribution in [0.4, 0.5) is 5.82 Å². The van der Waals surface area contributed by atoms with E-state index in [0.717, 1.165) is 28.6 Å². The van der Waals surface area contributed by atoms with Gasteiger partial charge in [-0.05, 0) is 18.2 Å². The smallest absolute Gasteiger partial charge is 0.337 e. The van der Waals surface area contributed by atoms with Crippen LogP contribution in [0.15, 0.2) is 18.2 Å². The van der Waals surface area contributed by atoms with Crippen molar-refractivity contribution < 1.29 is 14.3 Å². The molecule has 0 bridgehead atoms. The number of benzene rings is 1. The maximum Gasteiger partial charge on any atom is 0.337 e. The number of fused-ring (bicyclic) bond motifs is 3. The first-order valence-corrected chi connectivity index (χ1v) is 5.64. The van der Waals surface area contributed by atoms with E-state index >= 15 is 0 Å². The van der Waals surface area contributed by atoms with E-state index in [9.17, 15) is 4.79 Å². The molecule has 1 aromatic carbocycles. The van der Waals surface area contributed by atoms with Gasteiger partial charge in [0.2, 0.25) is 0 Å². The van der Waals surface area contributed by atoms with E-state index in [4.69, 9.17) is 15.2 Å². The van der Waals surface area contributed by atoms with E-state index in [1.165, 1.54) is 7.11 Å². The predicted octanol–water partition coefficient (Wildman–Crippen LogP) is 1.54. The van der Waals surface area contributed by atoms with E-state index in [2.05, 4.69) is 4.98 Å². The van der Waals surface area contributed by atoms with Crippen LogP contribution in [0, 0.1) is 0 Å². The number of nitrogen functional groups attached to an aromatic ring is 1. The second-order valence-electron chi connectivity index (χ2n) is 4.13. The van der Waals surface area contributed by atoms with E-state index in [0.29, 0.717) is 18.0 Å². The maximum atomic E-state index is 11.5. The number of hydrogen-bond acceptors (Lipinski definition) is 5. The van der Waals surface area contributed by atoms with Crippen molar-refractivity contribution in [2.24, 2.45) is 0 Å². The summed E-state index contributed by atoms with van der Waals surface area (Å²) in [6.45, 7) is 0.600. The van der Waals surface area contributed by atoms with Crippen LogP contribution in [-0.4, -0.2) is 24.7 Å². The van der Waals surface area contributed by atoms with Crippen molar-refractivity contribution in [2.45, 2.75) is 6.42 Å². The van der Waals surface area contributed by atoms with Gasteiger partial charge in [0.15, 0.2) is 0 Å². The van der Waals surface area contributed by atoms with Crippen LogP contribution in [0.1, 0.15) is 15.9 Å². The molecule has 92 valence electrons. The van der Waals surface area contributed by atoms with Crippen molar-refractivity contribution in [2.75, 3.05) is 19.5 Å². The number of rotatable bonds is 1. The number of nitrogens with zero attached hydrogens (tertiary/aromatic N) is 1. The summed E-state index contributed by atoms with van der Waals surface area (Å²) in [5.74, 6) is 0.865. The normalized spacial score (nSPS) is 13.2. The third-order valence-corrected chi connectivity index (χ3v) is 3.08. The summed E-state index contributed by atoms with van der Waals surface area (Å²) in [6, 6.07) is 5.15. The molecule has 0 aliphatic carbocycles. The third kappa shape index (κ3) is 1.48. The lowest BCUT2D eigenvalue weighted by atomic mass is 10.1. The zero-order valence-corrected chi connectivity index (χ0v) is 9.90. The molecular weight excluding hydrogens is 232 g/mol. The largest absolute Gasteiger partial charge is 0.492 e. The Morgan fingerprint density at radius 3 is 3.11 bits per heavy atom.